The largest absolute Gasteiger partial charge is 0.385 e. The molecule has 2 N–H and O–H groups in total. The molecule has 0 radical (unpaired) electrons. The smallest absolute Gasteiger partial charge is 0.239 e. The van der Waals surface area contributed by atoms with Gasteiger partial charge in [0.05, 0.1) is 6.04 Å². The molecule has 5 heteroatoms. The summed E-state index contributed by atoms with van der Waals surface area (Å²) in [5, 5.41) is 0. The maximum Gasteiger partial charge on any atom is 0.239 e. The zero-order valence-corrected chi connectivity index (χ0v) is 13.3. The van der Waals surface area contributed by atoms with Gasteiger partial charge in [-0.15, -0.1) is 0 Å². The Morgan fingerprint density at radius 2 is 2.10 bits per heavy atom. The number of carbonyl (C=O) groups excluding carboxylic acids is 1. The Hall–Kier alpha value is -0.650. The van der Waals surface area contributed by atoms with Crippen LogP contribution in [0.4, 0.5) is 0 Å². The number of nitrogens with zero attached hydrogens (tertiary/aromatic N) is 2. The zero-order valence-electron chi connectivity index (χ0n) is 13.3. The third kappa shape index (κ3) is 5.38. The average molecular weight is 285 g/mol. The number of nitrogens with two attached hydrogens (primary N) is 1. The number of ether oxygens (including phenoxy) is 1. The number of methoxy groups -OCH3 is 1. The molecule has 20 heavy (non-hydrogen) atoms. The zero-order chi connectivity index (χ0) is 15.0. The van der Waals surface area contributed by atoms with E-state index < -0.39 is 0 Å². The van der Waals surface area contributed by atoms with E-state index in [4.69, 9.17) is 10.5 Å². The molecule has 0 aromatic rings. The van der Waals surface area contributed by atoms with Crippen molar-refractivity contribution in [2.75, 3.05) is 40.4 Å². The number of hydrogen-bond donors (Lipinski definition) is 1. The first kappa shape index (κ1) is 17.4. The molecule has 118 valence electrons. The van der Waals surface area contributed by atoms with Crippen LogP contribution in [0.15, 0.2) is 0 Å². The lowest BCUT2D eigenvalue weighted by Crippen LogP contribution is -2.50. The van der Waals surface area contributed by atoms with E-state index in [0.29, 0.717) is 19.1 Å². The Morgan fingerprint density at radius 3 is 2.65 bits per heavy atom. The van der Waals surface area contributed by atoms with Crippen molar-refractivity contribution in [2.45, 2.75) is 51.1 Å². The third-order valence-corrected chi connectivity index (χ3v) is 4.17. The van der Waals surface area contributed by atoms with Gasteiger partial charge in [0.25, 0.3) is 0 Å². The van der Waals surface area contributed by atoms with E-state index in [1.807, 2.05) is 11.9 Å². The molecule has 1 rings (SSSR count). The second-order valence-corrected chi connectivity index (χ2v) is 5.76. The van der Waals surface area contributed by atoms with Gasteiger partial charge >= 0.3 is 0 Å². The summed E-state index contributed by atoms with van der Waals surface area (Å²) < 4.78 is 5.00. The molecule has 0 spiro atoms. The van der Waals surface area contributed by atoms with Gasteiger partial charge in [-0.25, -0.2) is 0 Å². The van der Waals surface area contributed by atoms with Crippen molar-refractivity contribution in [3.05, 3.63) is 0 Å². The van der Waals surface area contributed by atoms with Crippen molar-refractivity contribution in [1.29, 1.82) is 0 Å². The van der Waals surface area contributed by atoms with Crippen LogP contribution in [0.5, 0.6) is 0 Å². The van der Waals surface area contributed by atoms with Crippen molar-refractivity contribution >= 4 is 5.91 Å². The van der Waals surface area contributed by atoms with E-state index in [-0.39, 0.29) is 11.9 Å². The highest BCUT2D eigenvalue weighted by Crippen LogP contribution is 2.16. The summed E-state index contributed by atoms with van der Waals surface area (Å²) in [6.07, 6.45) is 4.86. The van der Waals surface area contributed by atoms with Crippen molar-refractivity contribution in [3.63, 3.8) is 0 Å². The van der Waals surface area contributed by atoms with Gasteiger partial charge in [0.1, 0.15) is 0 Å². The number of likely N-dealkylation sites (tertiary alicyclic amines) is 1. The van der Waals surface area contributed by atoms with Crippen LogP contribution in [-0.4, -0.2) is 68.2 Å². The molecule has 1 fully saturated rings. The van der Waals surface area contributed by atoms with Gasteiger partial charge in [0.2, 0.25) is 5.91 Å². The van der Waals surface area contributed by atoms with Crippen LogP contribution in [0, 0.1) is 0 Å². The number of piperidine rings is 1. The molecule has 0 aromatic heterocycles. The fourth-order valence-corrected chi connectivity index (χ4v) is 2.86. The lowest BCUT2D eigenvalue weighted by molar-refractivity contribution is -0.134. The first-order valence-corrected chi connectivity index (χ1v) is 7.83. The molecule has 1 saturated heterocycles. The standard InChI is InChI=1S/C15H31N3O2/c1-4-9-18-10-7-13(8-11-18)17(2)15(19)14(16)6-5-12-20-3/h13-14H,4-12,16H2,1-3H3. The van der Waals surface area contributed by atoms with Crippen LogP contribution in [0.3, 0.4) is 0 Å². The maximum absolute atomic E-state index is 12.3. The molecule has 1 aliphatic rings. The predicted octanol–water partition coefficient (Wildman–Crippen LogP) is 1.07. The molecule has 1 unspecified atom stereocenters. The topological polar surface area (TPSA) is 58.8 Å². The van der Waals surface area contributed by atoms with E-state index in [0.717, 1.165) is 32.4 Å². The van der Waals surface area contributed by atoms with Crippen LogP contribution >= 0.6 is 0 Å². The van der Waals surface area contributed by atoms with Crippen LogP contribution in [-0.2, 0) is 9.53 Å². The summed E-state index contributed by atoms with van der Waals surface area (Å²) in [5.74, 6) is 0.0787. The summed E-state index contributed by atoms with van der Waals surface area (Å²) in [6, 6.07) is -0.0343. The molecule has 0 aromatic carbocycles. The average Bonchev–Trinajstić information content (AvgIpc) is 2.47. The summed E-state index contributed by atoms with van der Waals surface area (Å²) in [6.45, 7) is 6.23. The quantitative estimate of drug-likeness (QED) is 0.678. The van der Waals surface area contributed by atoms with E-state index >= 15 is 0 Å². The Morgan fingerprint density at radius 1 is 1.45 bits per heavy atom. The van der Waals surface area contributed by atoms with Crippen molar-refractivity contribution in [3.8, 4) is 0 Å². The number of amides is 1. The van der Waals surface area contributed by atoms with Gasteiger partial charge in [-0.05, 0) is 38.6 Å². The Bertz CT molecular complexity index is 278. The summed E-state index contributed by atoms with van der Waals surface area (Å²) in [4.78, 5) is 16.6. The van der Waals surface area contributed by atoms with Crippen LogP contribution in [0.25, 0.3) is 0 Å². The van der Waals surface area contributed by atoms with Crippen LogP contribution < -0.4 is 5.73 Å². The molecule has 1 atom stereocenters. The molecule has 1 heterocycles. The number of carbonyl (C=O) groups is 1. The fourth-order valence-electron chi connectivity index (χ4n) is 2.86. The molecule has 0 bridgehead atoms. The highest BCUT2D eigenvalue weighted by molar-refractivity contribution is 5.81. The minimum Gasteiger partial charge on any atom is -0.385 e. The Kier molecular flexibility index (Phi) is 8.11. The van der Waals surface area contributed by atoms with E-state index in [9.17, 15) is 4.79 Å². The molecule has 0 saturated carbocycles. The van der Waals surface area contributed by atoms with Crippen LogP contribution in [0.2, 0.25) is 0 Å². The van der Waals surface area contributed by atoms with E-state index in [1.54, 1.807) is 7.11 Å². The molecular weight excluding hydrogens is 254 g/mol. The van der Waals surface area contributed by atoms with E-state index in [2.05, 4.69) is 11.8 Å². The Balaban J connectivity index is 2.34. The second kappa shape index (κ2) is 9.32. The summed E-state index contributed by atoms with van der Waals surface area (Å²) in [7, 11) is 3.57. The molecular formula is C15H31N3O2. The number of rotatable bonds is 8. The number of hydrogen-bond acceptors (Lipinski definition) is 4. The monoisotopic (exact) mass is 285 g/mol. The Labute approximate surface area is 123 Å². The third-order valence-electron chi connectivity index (χ3n) is 4.17. The first-order chi connectivity index (χ1) is 9.60. The highest BCUT2D eigenvalue weighted by Gasteiger charge is 2.27. The molecule has 0 aliphatic carbocycles. The normalized spacial score (nSPS) is 19.0. The van der Waals surface area contributed by atoms with Crippen molar-refractivity contribution in [1.82, 2.24) is 9.80 Å². The van der Waals surface area contributed by atoms with Gasteiger partial charge < -0.3 is 20.3 Å². The summed E-state index contributed by atoms with van der Waals surface area (Å²) in [5.41, 5.74) is 5.98. The lowest BCUT2D eigenvalue weighted by Gasteiger charge is -2.37. The molecule has 5 nitrogen and oxygen atoms in total. The van der Waals surface area contributed by atoms with Crippen LogP contribution in [0.1, 0.15) is 39.0 Å². The van der Waals surface area contributed by atoms with Gasteiger partial charge in [-0.1, -0.05) is 6.92 Å². The minimum atomic E-state index is -0.385. The number of likely N-dealkylation sites (N-methyl/N-ethyl adjacent to an activating group) is 1. The van der Waals surface area contributed by atoms with Gasteiger partial charge in [-0.2, -0.15) is 0 Å². The highest BCUT2D eigenvalue weighted by atomic mass is 16.5. The predicted molar refractivity (Wildman–Crippen MR) is 81.6 cm³/mol. The summed E-state index contributed by atoms with van der Waals surface area (Å²) >= 11 is 0. The van der Waals surface area contributed by atoms with Crippen molar-refractivity contribution in [2.24, 2.45) is 5.73 Å². The minimum absolute atomic E-state index is 0.0787. The molecule has 1 aliphatic heterocycles. The van der Waals surface area contributed by atoms with Gasteiger partial charge in [0, 0.05) is 39.9 Å². The lowest BCUT2D eigenvalue weighted by atomic mass is 10.0. The second-order valence-electron chi connectivity index (χ2n) is 5.76. The van der Waals surface area contributed by atoms with Gasteiger partial charge in [-0.3, -0.25) is 4.79 Å². The SMILES string of the molecule is CCCN1CCC(N(C)C(=O)C(N)CCCOC)CC1. The molecule has 1 amide bonds. The van der Waals surface area contributed by atoms with Crippen molar-refractivity contribution < 1.29 is 9.53 Å². The maximum atomic E-state index is 12.3. The fraction of sp³-hybridized carbons (Fsp3) is 0.933. The first-order valence-electron chi connectivity index (χ1n) is 7.83. The van der Waals surface area contributed by atoms with E-state index in [1.165, 1.54) is 13.0 Å². The van der Waals surface area contributed by atoms with Gasteiger partial charge in [0.15, 0.2) is 0 Å².